The van der Waals surface area contributed by atoms with Gasteiger partial charge >= 0.3 is 0 Å². The predicted octanol–water partition coefficient (Wildman–Crippen LogP) is 3.44. The molecule has 0 radical (unpaired) electrons. The van der Waals surface area contributed by atoms with Crippen LogP contribution in [0, 0.1) is 0 Å². The van der Waals surface area contributed by atoms with Gasteiger partial charge in [-0.25, -0.2) is 13.1 Å². The van der Waals surface area contributed by atoms with Crippen molar-refractivity contribution in [3.05, 3.63) is 37.7 Å². The number of rotatable bonds is 3. The summed E-state index contributed by atoms with van der Waals surface area (Å²) in [4.78, 5) is 12.7. The molecular formula is C14H14Cl3N3O3S. The zero-order valence-electron chi connectivity index (χ0n) is 12.6. The highest BCUT2D eigenvalue weighted by molar-refractivity contribution is 7.92. The van der Waals surface area contributed by atoms with E-state index in [-0.39, 0.29) is 32.0 Å². The van der Waals surface area contributed by atoms with Gasteiger partial charge in [0, 0.05) is 18.7 Å². The van der Waals surface area contributed by atoms with Crippen molar-refractivity contribution in [2.45, 2.75) is 25.9 Å². The maximum absolute atomic E-state index is 12.7. The van der Waals surface area contributed by atoms with Gasteiger partial charge in [-0.3, -0.25) is 14.2 Å². The number of hydrogen-bond donors (Lipinski definition) is 1. The van der Waals surface area contributed by atoms with Crippen molar-refractivity contribution in [3.63, 3.8) is 0 Å². The molecule has 1 aromatic carbocycles. The van der Waals surface area contributed by atoms with Gasteiger partial charge in [0.1, 0.15) is 5.15 Å². The van der Waals surface area contributed by atoms with Gasteiger partial charge in [0.25, 0.3) is 5.56 Å². The Bertz CT molecular complexity index is 979. The first-order valence-corrected chi connectivity index (χ1v) is 10.2. The van der Waals surface area contributed by atoms with Crippen molar-refractivity contribution in [2.75, 3.05) is 11.0 Å². The molecule has 0 amide bonds. The summed E-state index contributed by atoms with van der Waals surface area (Å²) in [5, 5.41) is 0.644. The lowest BCUT2D eigenvalue weighted by Gasteiger charge is -2.17. The zero-order chi connectivity index (χ0) is 17.6. The summed E-state index contributed by atoms with van der Waals surface area (Å²) in [7, 11) is -3.53. The van der Waals surface area contributed by atoms with Crippen LogP contribution in [0.25, 0.3) is 11.1 Å². The molecule has 1 aliphatic rings. The molecule has 1 aromatic heterocycles. The Balaban J connectivity index is 2.22. The number of halogens is 3. The monoisotopic (exact) mass is 409 g/mol. The fraction of sp³-hybridized carbons (Fsp3) is 0.357. The lowest BCUT2D eigenvalue weighted by molar-refractivity contribution is 0.356. The van der Waals surface area contributed by atoms with Gasteiger partial charge in [-0.05, 0) is 25.0 Å². The highest BCUT2D eigenvalue weighted by Gasteiger charge is 2.24. The van der Waals surface area contributed by atoms with Crippen LogP contribution in [0.15, 0.2) is 16.9 Å². The van der Waals surface area contributed by atoms with Crippen LogP contribution in [0.1, 0.15) is 12.8 Å². The molecule has 2 aromatic rings. The first-order valence-electron chi connectivity index (χ1n) is 7.15. The molecular weight excluding hydrogens is 397 g/mol. The van der Waals surface area contributed by atoms with Crippen molar-refractivity contribution in [1.82, 2.24) is 9.36 Å². The van der Waals surface area contributed by atoms with Crippen molar-refractivity contribution in [3.8, 4) is 11.1 Å². The predicted molar refractivity (Wildman–Crippen MR) is 96.9 cm³/mol. The number of hydrogen-bond acceptors (Lipinski definition) is 3. The maximum Gasteiger partial charge on any atom is 0.276 e. The molecule has 10 heteroatoms. The number of benzene rings is 1. The Morgan fingerprint density at radius 2 is 1.67 bits per heavy atom. The van der Waals surface area contributed by atoms with E-state index in [4.69, 9.17) is 34.8 Å². The Kier molecular flexibility index (Phi) is 4.63. The van der Waals surface area contributed by atoms with E-state index < -0.39 is 10.0 Å². The molecule has 1 aliphatic heterocycles. The maximum atomic E-state index is 12.7. The second-order valence-electron chi connectivity index (χ2n) is 5.61. The largest absolute Gasteiger partial charge is 0.282 e. The quantitative estimate of drug-likeness (QED) is 0.842. The normalized spacial score (nSPS) is 14.5. The molecule has 24 heavy (non-hydrogen) atoms. The second kappa shape index (κ2) is 6.29. The van der Waals surface area contributed by atoms with Crippen LogP contribution < -0.4 is 10.3 Å². The van der Waals surface area contributed by atoms with E-state index >= 15 is 0 Å². The molecule has 0 spiro atoms. The molecule has 0 unspecified atom stereocenters. The van der Waals surface area contributed by atoms with Gasteiger partial charge in [0.15, 0.2) is 0 Å². The van der Waals surface area contributed by atoms with E-state index in [1.165, 1.54) is 12.1 Å². The minimum atomic E-state index is -3.53. The third-order valence-electron chi connectivity index (χ3n) is 3.78. The van der Waals surface area contributed by atoms with Crippen molar-refractivity contribution >= 4 is 50.5 Å². The van der Waals surface area contributed by atoms with Crippen LogP contribution >= 0.6 is 34.8 Å². The van der Waals surface area contributed by atoms with Crippen LogP contribution in [-0.2, 0) is 23.1 Å². The highest BCUT2D eigenvalue weighted by Crippen LogP contribution is 2.38. The molecule has 0 fully saturated rings. The summed E-state index contributed by atoms with van der Waals surface area (Å²) in [6, 6.07) is 2.82. The number of aromatic nitrogens is 2. The molecule has 2 heterocycles. The van der Waals surface area contributed by atoms with Crippen LogP contribution in [-0.4, -0.2) is 24.0 Å². The van der Waals surface area contributed by atoms with Gasteiger partial charge < -0.3 is 0 Å². The summed E-state index contributed by atoms with van der Waals surface area (Å²) < 4.78 is 28.6. The molecule has 0 saturated heterocycles. The number of fused-ring (bicyclic) bond motifs is 1. The lowest BCUT2D eigenvalue weighted by Crippen LogP contribution is -2.27. The summed E-state index contributed by atoms with van der Waals surface area (Å²) >= 11 is 18.7. The van der Waals surface area contributed by atoms with Crippen LogP contribution in [0.5, 0.6) is 0 Å². The average Bonchev–Trinajstić information content (AvgIpc) is 2.74. The van der Waals surface area contributed by atoms with Crippen LogP contribution in [0.2, 0.25) is 15.2 Å². The van der Waals surface area contributed by atoms with Gasteiger partial charge in [0.2, 0.25) is 10.0 Å². The number of nitrogens with zero attached hydrogens (tertiary/aromatic N) is 2. The van der Waals surface area contributed by atoms with E-state index in [0.29, 0.717) is 18.7 Å². The molecule has 0 saturated carbocycles. The van der Waals surface area contributed by atoms with E-state index in [0.717, 1.165) is 19.1 Å². The molecule has 0 bridgehead atoms. The fourth-order valence-electron chi connectivity index (χ4n) is 2.77. The molecule has 0 aliphatic carbocycles. The van der Waals surface area contributed by atoms with Gasteiger partial charge in [-0.2, -0.15) is 0 Å². The minimum absolute atomic E-state index is 0.134. The molecule has 6 nitrogen and oxygen atoms in total. The van der Waals surface area contributed by atoms with Gasteiger partial charge in [0.05, 0.1) is 27.6 Å². The Labute approximate surface area is 154 Å². The van der Waals surface area contributed by atoms with E-state index in [1.807, 2.05) is 0 Å². The van der Waals surface area contributed by atoms with E-state index in [9.17, 15) is 13.2 Å². The van der Waals surface area contributed by atoms with Crippen molar-refractivity contribution in [2.24, 2.45) is 0 Å². The summed E-state index contributed by atoms with van der Waals surface area (Å²) in [6.45, 7) is 1.23. The van der Waals surface area contributed by atoms with Crippen LogP contribution in [0.4, 0.5) is 5.69 Å². The number of nitrogens with one attached hydrogen (secondary N) is 1. The third-order valence-corrected chi connectivity index (χ3v) is 5.38. The Hall–Kier alpha value is -1.15. The number of anilines is 1. The zero-order valence-corrected chi connectivity index (χ0v) is 15.7. The lowest BCUT2D eigenvalue weighted by atomic mass is 10.1. The van der Waals surface area contributed by atoms with Crippen molar-refractivity contribution in [1.29, 1.82) is 0 Å². The average molecular weight is 411 g/mol. The first-order chi connectivity index (χ1) is 11.2. The minimum Gasteiger partial charge on any atom is -0.282 e. The standard InChI is InChI=1S/C14H14Cl3N3O3S/c1-24(22,23)18-11-6-8(9(15)7-10(11)16)12-13(17)19-4-2-3-5-20(19)14(12)21/h6-7,18H,2-5H2,1H3. The number of sulfonamides is 1. The van der Waals surface area contributed by atoms with Gasteiger partial charge in [-0.15, -0.1) is 0 Å². The first kappa shape index (κ1) is 17.7. The molecule has 130 valence electrons. The topological polar surface area (TPSA) is 73.1 Å². The smallest absolute Gasteiger partial charge is 0.276 e. The van der Waals surface area contributed by atoms with Crippen LogP contribution in [0.3, 0.4) is 0 Å². The van der Waals surface area contributed by atoms with Gasteiger partial charge in [-0.1, -0.05) is 34.8 Å². The third kappa shape index (κ3) is 3.18. The Morgan fingerprint density at radius 1 is 1.04 bits per heavy atom. The molecule has 3 rings (SSSR count). The summed E-state index contributed by atoms with van der Waals surface area (Å²) in [6.07, 6.45) is 2.84. The highest BCUT2D eigenvalue weighted by atomic mass is 35.5. The Morgan fingerprint density at radius 3 is 2.25 bits per heavy atom. The van der Waals surface area contributed by atoms with Crippen molar-refractivity contribution < 1.29 is 8.42 Å². The van der Waals surface area contributed by atoms with E-state index in [2.05, 4.69) is 4.72 Å². The molecule has 1 N–H and O–H groups in total. The second-order valence-corrected chi connectivity index (χ2v) is 8.53. The summed E-state index contributed by atoms with van der Waals surface area (Å²) in [5.41, 5.74) is 0.478. The fourth-order valence-corrected chi connectivity index (χ4v) is 4.28. The molecule has 0 atom stereocenters. The SMILES string of the molecule is CS(=O)(=O)Nc1cc(-c2c(Cl)n3n(c2=O)CCCC3)c(Cl)cc1Cl. The van der Waals surface area contributed by atoms with E-state index in [1.54, 1.807) is 9.36 Å². The summed E-state index contributed by atoms with van der Waals surface area (Å²) in [5.74, 6) is 0.